The van der Waals surface area contributed by atoms with Gasteiger partial charge in [-0.05, 0) is 18.6 Å². The molecule has 3 rings (SSSR count). The highest BCUT2D eigenvalue weighted by Gasteiger charge is 2.40. The van der Waals surface area contributed by atoms with E-state index in [9.17, 15) is 14.0 Å². The Hall–Kier alpha value is -1.66. The van der Waals surface area contributed by atoms with E-state index in [0.717, 1.165) is 6.42 Å². The molecule has 1 aromatic rings. The number of nitrogens with one attached hydrogen (secondary N) is 1. The van der Waals surface area contributed by atoms with E-state index in [2.05, 4.69) is 5.32 Å². The van der Waals surface area contributed by atoms with E-state index in [0.29, 0.717) is 30.2 Å². The molecule has 23 heavy (non-hydrogen) atoms. The summed E-state index contributed by atoms with van der Waals surface area (Å²) in [5.74, 6) is -0.422. The molecule has 2 aliphatic heterocycles. The second-order valence-corrected chi connectivity index (χ2v) is 6.61. The first kappa shape index (κ1) is 16.2. The van der Waals surface area contributed by atoms with Crippen molar-refractivity contribution in [3.63, 3.8) is 0 Å². The number of piperazine rings is 1. The van der Waals surface area contributed by atoms with Crippen molar-refractivity contribution in [3.05, 3.63) is 34.6 Å². The van der Waals surface area contributed by atoms with Crippen LogP contribution in [0.4, 0.5) is 4.39 Å². The molecule has 2 amide bonds. The van der Waals surface area contributed by atoms with Crippen LogP contribution >= 0.6 is 11.6 Å². The molecule has 2 heterocycles. The van der Waals surface area contributed by atoms with Crippen LogP contribution in [0.3, 0.4) is 0 Å². The van der Waals surface area contributed by atoms with Crippen molar-refractivity contribution in [2.75, 3.05) is 19.6 Å². The monoisotopic (exact) mass is 339 g/mol. The van der Waals surface area contributed by atoms with Crippen molar-refractivity contribution >= 4 is 23.4 Å². The minimum Gasteiger partial charge on any atom is -0.352 e. The Morgan fingerprint density at radius 3 is 2.91 bits per heavy atom. The number of carbonyl (C=O) groups excluding carboxylic acids is 2. The van der Waals surface area contributed by atoms with Crippen molar-refractivity contribution in [2.45, 2.75) is 32.0 Å². The molecule has 0 aliphatic carbocycles. The first-order valence-electron chi connectivity index (χ1n) is 7.66. The van der Waals surface area contributed by atoms with Crippen molar-refractivity contribution in [2.24, 2.45) is 0 Å². The molecule has 124 valence electrons. The number of halogens is 2. The van der Waals surface area contributed by atoms with Crippen LogP contribution in [0.1, 0.15) is 18.9 Å². The third-order valence-electron chi connectivity index (χ3n) is 4.41. The summed E-state index contributed by atoms with van der Waals surface area (Å²) in [5.41, 5.74) is 0.423. The zero-order chi connectivity index (χ0) is 16.6. The number of amides is 2. The first-order valence-corrected chi connectivity index (χ1v) is 8.03. The second-order valence-electron chi connectivity index (χ2n) is 6.20. The molecule has 2 fully saturated rings. The third-order valence-corrected chi connectivity index (χ3v) is 4.77. The van der Waals surface area contributed by atoms with Gasteiger partial charge in [-0.1, -0.05) is 17.7 Å². The summed E-state index contributed by atoms with van der Waals surface area (Å²) >= 11 is 6.07. The fraction of sp³-hybridized carbons (Fsp3) is 0.500. The quantitative estimate of drug-likeness (QED) is 0.905. The van der Waals surface area contributed by atoms with E-state index in [1.165, 1.54) is 13.0 Å². The zero-order valence-corrected chi connectivity index (χ0v) is 13.6. The minimum absolute atomic E-state index is 0.00144. The van der Waals surface area contributed by atoms with Gasteiger partial charge in [0, 0.05) is 49.2 Å². The standard InChI is InChI=1S/C16H19ClFN3O2/c1-10(22)19-11-5-12-7-20(9-16(23)21(12)6-11)8-13-14(17)3-2-4-15(13)18/h2-4,11-12H,5-9H2,1H3,(H,19,22)/t11-,12-/m0/s1. The summed E-state index contributed by atoms with van der Waals surface area (Å²) in [7, 11) is 0. The van der Waals surface area contributed by atoms with E-state index < -0.39 is 0 Å². The molecule has 0 aromatic heterocycles. The maximum absolute atomic E-state index is 13.9. The Balaban J connectivity index is 1.69. The maximum Gasteiger partial charge on any atom is 0.237 e. The van der Waals surface area contributed by atoms with Gasteiger partial charge in [-0.3, -0.25) is 14.5 Å². The molecule has 0 bridgehead atoms. The molecule has 7 heteroatoms. The summed E-state index contributed by atoms with van der Waals surface area (Å²) < 4.78 is 13.9. The average molecular weight is 340 g/mol. The van der Waals surface area contributed by atoms with Gasteiger partial charge in [0.15, 0.2) is 0 Å². The lowest BCUT2D eigenvalue weighted by atomic mass is 10.1. The van der Waals surface area contributed by atoms with E-state index in [4.69, 9.17) is 11.6 Å². The van der Waals surface area contributed by atoms with Crippen LogP contribution in [0.25, 0.3) is 0 Å². The van der Waals surface area contributed by atoms with Gasteiger partial charge in [-0.15, -0.1) is 0 Å². The Kier molecular flexibility index (Phi) is 4.55. The minimum atomic E-state index is -0.352. The van der Waals surface area contributed by atoms with Crippen molar-refractivity contribution in [3.8, 4) is 0 Å². The van der Waals surface area contributed by atoms with Gasteiger partial charge < -0.3 is 10.2 Å². The van der Waals surface area contributed by atoms with Gasteiger partial charge in [0.05, 0.1) is 6.54 Å². The Morgan fingerprint density at radius 1 is 1.43 bits per heavy atom. The van der Waals surface area contributed by atoms with E-state index in [-0.39, 0.29) is 36.3 Å². The van der Waals surface area contributed by atoms with Gasteiger partial charge in [0.25, 0.3) is 0 Å². The third kappa shape index (κ3) is 3.48. The van der Waals surface area contributed by atoms with Gasteiger partial charge >= 0.3 is 0 Å². The van der Waals surface area contributed by atoms with E-state index in [1.54, 1.807) is 12.1 Å². The van der Waals surface area contributed by atoms with Crippen LogP contribution in [-0.2, 0) is 16.1 Å². The van der Waals surface area contributed by atoms with Crippen LogP contribution in [0.15, 0.2) is 18.2 Å². The molecule has 0 radical (unpaired) electrons. The zero-order valence-electron chi connectivity index (χ0n) is 12.9. The number of carbonyl (C=O) groups is 2. The Morgan fingerprint density at radius 2 is 2.22 bits per heavy atom. The van der Waals surface area contributed by atoms with Crippen LogP contribution < -0.4 is 5.32 Å². The molecule has 2 atom stereocenters. The fourth-order valence-corrected chi connectivity index (χ4v) is 3.68. The summed E-state index contributed by atoms with van der Waals surface area (Å²) in [6.07, 6.45) is 0.729. The van der Waals surface area contributed by atoms with E-state index in [1.807, 2.05) is 9.80 Å². The maximum atomic E-state index is 13.9. The lowest BCUT2D eigenvalue weighted by molar-refractivity contribution is -0.138. The summed E-state index contributed by atoms with van der Waals surface area (Å²) in [5, 5.41) is 3.25. The number of hydrogen-bond donors (Lipinski definition) is 1. The lowest BCUT2D eigenvalue weighted by Gasteiger charge is -2.37. The van der Waals surface area contributed by atoms with Gasteiger partial charge in [-0.25, -0.2) is 4.39 Å². The highest BCUT2D eigenvalue weighted by Crippen LogP contribution is 2.26. The fourth-order valence-electron chi connectivity index (χ4n) is 3.46. The Labute approximate surface area is 139 Å². The highest BCUT2D eigenvalue weighted by molar-refractivity contribution is 6.31. The van der Waals surface area contributed by atoms with Gasteiger partial charge in [-0.2, -0.15) is 0 Å². The van der Waals surface area contributed by atoms with Crippen molar-refractivity contribution in [1.29, 1.82) is 0 Å². The molecule has 2 saturated heterocycles. The predicted octanol–water partition coefficient (Wildman–Crippen LogP) is 1.40. The smallest absolute Gasteiger partial charge is 0.237 e. The largest absolute Gasteiger partial charge is 0.352 e. The molecule has 0 saturated carbocycles. The highest BCUT2D eigenvalue weighted by atomic mass is 35.5. The van der Waals surface area contributed by atoms with Crippen molar-refractivity contribution in [1.82, 2.24) is 15.1 Å². The van der Waals surface area contributed by atoms with Crippen LogP contribution in [0.5, 0.6) is 0 Å². The summed E-state index contributed by atoms with van der Waals surface area (Å²) in [6.45, 7) is 3.25. The molecule has 2 aliphatic rings. The molecular formula is C16H19ClFN3O2. The summed E-state index contributed by atoms with van der Waals surface area (Å²) in [6, 6.07) is 4.65. The van der Waals surface area contributed by atoms with E-state index >= 15 is 0 Å². The molecule has 1 N–H and O–H groups in total. The number of nitrogens with zero attached hydrogens (tertiary/aromatic N) is 2. The molecule has 0 spiro atoms. The van der Waals surface area contributed by atoms with Crippen molar-refractivity contribution < 1.29 is 14.0 Å². The first-order chi connectivity index (χ1) is 10.9. The normalized spacial score (nSPS) is 24.7. The second kappa shape index (κ2) is 6.45. The number of fused-ring (bicyclic) bond motifs is 1. The number of benzene rings is 1. The SMILES string of the molecule is CC(=O)N[C@H]1C[C@H]2CN(Cc3c(F)cccc3Cl)CC(=O)N2C1. The molecule has 0 unspecified atom stereocenters. The summed E-state index contributed by atoms with van der Waals surface area (Å²) in [4.78, 5) is 27.2. The van der Waals surface area contributed by atoms with Gasteiger partial charge in [0.2, 0.25) is 11.8 Å². The number of hydrogen-bond acceptors (Lipinski definition) is 3. The topological polar surface area (TPSA) is 52.7 Å². The average Bonchev–Trinajstić information content (AvgIpc) is 2.85. The molecule has 5 nitrogen and oxygen atoms in total. The van der Waals surface area contributed by atoms with Crippen LogP contribution in [0, 0.1) is 5.82 Å². The Bertz CT molecular complexity index is 620. The predicted molar refractivity (Wildman–Crippen MR) is 84.4 cm³/mol. The van der Waals surface area contributed by atoms with Gasteiger partial charge in [0.1, 0.15) is 5.82 Å². The lowest BCUT2D eigenvalue weighted by Crippen LogP contribution is -2.53. The molecular weight excluding hydrogens is 321 g/mol. The van der Waals surface area contributed by atoms with Crippen LogP contribution in [-0.4, -0.2) is 53.3 Å². The van der Waals surface area contributed by atoms with Crippen LogP contribution in [0.2, 0.25) is 5.02 Å². The number of rotatable bonds is 3. The molecule has 1 aromatic carbocycles.